The van der Waals surface area contributed by atoms with E-state index in [0.29, 0.717) is 48.3 Å². The quantitative estimate of drug-likeness (QED) is 0.203. The molecule has 4 atom stereocenters. The standard InChI is InChI=1S/C39H40F6N4O6S/c1-2-7-30-37(55-26-21-31(56-22-26)39(43,44)45,13-6-17-49(30)33(50)32-28(38(40,41)42)9-5-16-47-32)35(53)48-18-14-36(23-46,15-19-48)27-8-3-4-10-29(27)54-25-12-11-24(20-25)34(51)52/h3-5,8-10,16,21-22,24-25,30H,2,6-7,11-15,17-20H2,1H3,(H,51,52)/t24-,25+,30?,37+/m1/s1. The highest BCUT2D eigenvalue weighted by atomic mass is 32.1. The summed E-state index contributed by atoms with van der Waals surface area (Å²) in [5, 5.41) is 21.2. The summed E-state index contributed by atoms with van der Waals surface area (Å²) in [6.45, 7) is 1.68. The van der Waals surface area contributed by atoms with Crippen LogP contribution in [0.5, 0.6) is 11.5 Å². The number of aliphatic carboxylic acids is 1. The molecule has 0 bridgehead atoms. The van der Waals surface area contributed by atoms with E-state index in [9.17, 15) is 46.3 Å². The van der Waals surface area contributed by atoms with Crippen LogP contribution >= 0.6 is 11.3 Å². The van der Waals surface area contributed by atoms with E-state index in [-0.39, 0.29) is 63.6 Å². The minimum atomic E-state index is -4.92. The Morgan fingerprint density at radius 1 is 1.02 bits per heavy atom. The number of halogens is 6. The summed E-state index contributed by atoms with van der Waals surface area (Å²) in [4.78, 5) is 46.0. The van der Waals surface area contributed by atoms with E-state index in [1.165, 1.54) is 4.90 Å². The molecule has 1 saturated carbocycles. The molecule has 1 unspecified atom stereocenters. The second-order valence-electron chi connectivity index (χ2n) is 14.5. The van der Waals surface area contributed by atoms with Crippen molar-refractivity contribution in [2.24, 2.45) is 5.92 Å². The fourth-order valence-electron chi connectivity index (χ4n) is 8.29. The van der Waals surface area contributed by atoms with Gasteiger partial charge in [-0.3, -0.25) is 19.4 Å². The van der Waals surface area contributed by atoms with Crippen molar-refractivity contribution >= 4 is 29.1 Å². The molecular weight excluding hydrogens is 767 g/mol. The molecule has 1 aliphatic carbocycles. The summed E-state index contributed by atoms with van der Waals surface area (Å²) in [5.74, 6) is -3.02. The number of carboxylic acid groups (broad SMARTS) is 1. The zero-order chi connectivity index (χ0) is 40.5. The highest BCUT2D eigenvalue weighted by Gasteiger charge is 2.57. The van der Waals surface area contributed by atoms with Crippen LogP contribution in [-0.4, -0.2) is 75.1 Å². The summed E-state index contributed by atoms with van der Waals surface area (Å²) in [6.07, 6.45) is -6.98. The van der Waals surface area contributed by atoms with Gasteiger partial charge in [-0.05, 0) is 63.1 Å². The van der Waals surface area contributed by atoms with Crippen LogP contribution in [0.4, 0.5) is 26.3 Å². The van der Waals surface area contributed by atoms with Crippen molar-refractivity contribution < 1.29 is 55.3 Å². The van der Waals surface area contributed by atoms with Crippen LogP contribution in [0.25, 0.3) is 0 Å². The van der Waals surface area contributed by atoms with Gasteiger partial charge in [0.1, 0.15) is 22.1 Å². The molecule has 1 aromatic carbocycles. The van der Waals surface area contributed by atoms with Gasteiger partial charge in [-0.2, -0.15) is 31.6 Å². The number of carbonyl (C=O) groups excluding carboxylic acids is 2. The zero-order valence-electron chi connectivity index (χ0n) is 30.4. The summed E-state index contributed by atoms with van der Waals surface area (Å²) in [7, 11) is 0. The lowest BCUT2D eigenvalue weighted by atomic mass is 9.72. The SMILES string of the molecule is CCCC1N(C(=O)c2ncccc2C(F)(F)F)CCC[C@@]1(Oc1csc(C(F)(F)F)c1)C(=O)N1CCC(C#N)(c2ccccc2O[C@H]2CC[C@@H](C(=O)O)C2)CC1. The Labute approximate surface area is 323 Å². The summed E-state index contributed by atoms with van der Waals surface area (Å²) in [6, 6.07) is 10.7. The molecule has 2 amide bonds. The van der Waals surface area contributed by atoms with Crippen molar-refractivity contribution in [2.75, 3.05) is 19.6 Å². The number of hydrogen-bond acceptors (Lipinski definition) is 8. The Morgan fingerprint density at radius 3 is 2.38 bits per heavy atom. The third kappa shape index (κ3) is 8.03. The third-order valence-electron chi connectivity index (χ3n) is 11.1. The summed E-state index contributed by atoms with van der Waals surface area (Å²) < 4.78 is 96.0. The van der Waals surface area contributed by atoms with Crippen molar-refractivity contribution in [1.29, 1.82) is 5.26 Å². The second kappa shape index (κ2) is 16.0. The molecule has 3 aliphatic rings. The Morgan fingerprint density at radius 2 is 1.75 bits per heavy atom. The first-order valence-electron chi connectivity index (χ1n) is 18.4. The maximum Gasteiger partial charge on any atom is 0.425 e. The zero-order valence-corrected chi connectivity index (χ0v) is 31.2. The molecule has 300 valence electrons. The molecule has 2 aliphatic heterocycles. The third-order valence-corrected chi connectivity index (χ3v) is 12.0. The first-order chi connectivity index (χ1) is 26.5. The molecule has 3 fully saturated rings. The van der Waals surface area contributed by atoms with E-state index in [0.717, 1.165) is 34.7 Å². The molecule has 4 heterocycles. The van der Waals surface area contributed by atoms with Gasteiger partial charge in [-0.1, -0.05) is 31.5 Å². The lowest BCUT2D eigenvalue weighted by Crippen LogP contribution is -2.68. The van der Waals surface area contributed by atoms with E-state index >= 15 is 4.79 Å². The van der Waals surface area contributed by atoms with Crippen LogP contribution in [0.1, 0.15) is 91.2 Å². The largest absolute Gasteiger partial charge is 0.490 e. The maximum absolute atomic E-state index is 15.0. The summed E-state index contributed by atoms with van der Waals surface area (Å²) >= 11 is 0.361. The number of hydrogen-bond donors (Lipinski definition) is 1. The van der Waals surface area contributed by atoms with Crippen molar-refractivity contribution in [3.05, 3.63) is 75.7 Å². The van der Waals surface area contributed by atoms with Crippen molar-refractivity contribution in [1.82, 2.24) is 14.8 Å². The van der Waals surface area contributed by atoms with Gasteiger partial charge in [0, 0.05) is 49.3 Å². The lowest BCUT2D eigenvalue weighted by molar-refractivity contribution is -0.160. The number of rotatable bonds is 10. The molecule has 2 aromatic heterocycles. The van der Waals surface area contributed by atoms with Gasteiger partial charge in [0.15, 0.2) is 0 Å². The molecule has 6 rings (SSSR count). The number of nitrogens with zero attached hydrogens (tertiary/aromatic N) is 4. The van der Waals surface area contributed by atoms with E-state index in [4.69, 9.17) is 9.47 Å². The molecule has 17 heteroatoms. The van der Waals surface area contributed by atoms with Crippen LogP contribution in [0.15, 0.2) is 54.0 Å². The maximum atomic E-state index is 15.0. The second-order valence-corrected chi connectivity index (χ2v) is 15.4. The number of piperidine rings is 2. The predicted molar refractivity (Wildman–Crippen MR) is 190 cm³/mol. The minimum absolute atomic E-state index is 0.000946. The minimum Gasteiger partial charge on any atom is -0.490 e. The van der Waals surface area contributed by atoms with Crippen LogP contribution in [0.3, 0.4) is 0 Å². The average molecular weight is 807 g/mol. The topological polar surface area (TPSA) is 133 Å². The number of ether oxygens (including phenoxy) is 2. The predicted octanol–water partition coefficient (Wildman–Crippen LogP) is 8.12. The molecule has 3 aromatic rings. The van der Waals surface area contributed by atoms with Crippen molar-refractivity contribution in [2.45, 2.75) is 100 Å². The van der Waals surface area contributed by atoms with E-state index in [1.54, 1.807) is 31.2 Å². The summed E-state index contributed by atoms with van der Waals surface area (Å²) in [5.41, 5.74) is -4.69. The molecule has 10 nitrogen and oxygen atoms in total. The Balaban J connectivity index is 1.33. The number of nitriles is 1. The normalized spacial score (nSPS) is 24.0. The molecular formula is C39H40F6N4O6S. The number of para-hydroxylation sites is 1. The Bertz CT molecular complexity index is 1970. The molecule has 0 spiro atoms. The van der Waals surface area contributed by atoms with Crippen LogP contribution in [-0.2, 0) is 27.4 Å². The molecule has 2 saturated heterocycles. The fourth-order valence-corrected chi connectivity index (χ4v) is 8.97. The molecule has 0 radical (unpaired) electrons. The molecule has 1 N–H and O–H groups in total. The Hall–Kier alpha value is -4.85. The number of benzene rings is 1. The Kier molecular flexibility index (Phi) is 11.6. The van der Waals surface area contributed by atoms with Crippen LogP contribution < -0.4 is 9.47 Å². The molecule has 56 heavy (non-hydrogen) atoms. The van der Waals surface area contributed by atoms with Gasteiger partial charge in [0.2, 0.25) is 5.60 Å². The number of alkyl halides is 6. The van der Waals surface area contributed by atoms with Gasteiger partial charge in [-0.25, -0.2) is 0 Å². The smallest absolute Gasteiger partial charge is 0.425 e. The van der Waals surface area contributed by atoms with Gasteiger partial charge < -0.3 is 24.4 Å². The number of aromatic nitrogens is 1. The van der Waals surface area contributed by atoms with Gasteiger partial charge >= 0.3 is 18.3 Å². The van der Waals surface area contributed by atoms with E-state index < -0.39 is 69.2 Å². The van der Waals surface area contributed by atoms with Gasteiger partial charge in [0.05, 0.1) is 35.1 Å². The highest BCUT2D eigenvalue weighted by molar-refractivity contribution is 7.10. The van der Waals surface area contributed by atoms with E-state index in [1.807, 2.05) is 0 Å². The van der Waals surface area contributed by atoms with Gasteiger partial charge in [0.25, 0.3) is 11.8 Å². The average Bonchev–Trinajstić information content (AvgIpc) is 3.85. The van der Waals surface area contributed by atoms with Crippen LogP contribution in [0, 0.1) is 17.2 Å². The number of carboxylic acids is 1. The van der Waals surface area contributed by atoms with Gasteiger partial charge in [-0.15, -0.1) is 11.3 Å². The van der Waals surface area contributed by atoms with Crippen molar-refractivity contribution in [3.8, 4) is 17.6 Å². The fraction of sp³-hybridized carbons (Fsp3) is 0.513. The lowest BCUT2D eigenvalue weighted by Gasteiger charge is -2.51. The highest BCUT2D eigenvalue weighted by Crippen LogP contribution is 2.45. The first-order valence-corrected chi connectivity index (χ1v) is 19.3. The monoisotopic (exact) mass is 806 g/mol. The number of pyridine rings is 1. The first kappa shape index (κ1) is 40.8. The van der Waals surface area contributed by atoms with Crippen LogP contribution in [0.2, 0.25) is 0 Å². The number of amides is 2. The number of carbonyl (C=O) groups is 3. The van der Waals surface area contributed by atoms with Crippen molar-refractivity contribution in [3.63, 3.8) is 0 Å². The van der Waals surface area contributed by atoms with E-state index in [2.05, 4.69) is 11.1 Å². The number of thiophene rings is 1. The number of likely N-dealkylation sites (tertiary alicyclic amines) is 2.